The average Bonchev–Trinajstić information content (AvgIpc) is 3.16. The molecule has 1 aromatic carbocycles. The lowest BCUT2D eigenvalue weighted by molar-refractivity contribution is -0.130. The van der Waals surface area contributed by atoms with Gasteiger partial charge < -0.3 is 14.8 Å². The van der Waals surface area contributed by atoms with E-state index in [4.69, 9.17) is 0 Å². The predicted molar refractivity (Wildman–Crippen MR) is 97.5 cm³/mol. The molecule has 2 aromatic rings. The Bertz CT molecular complexity index is 743. The molecule has 1 fully saturated rings. The van der Waals surface area contributed by atoms with Gasteiger partial charge in [-0.2, -0.15) is 0 Å². The number of hydrogen-bond acceptors (Lipinski definition) is 2. The van der Waals surface area contributed by atoms with Crippen molar-refractivity contribution in [2.75, 3.05) is 13.1 Å². The summed E-state index contributed by atoms with van der Waals surface area (Å²) in [5, 5.41) is 2.69. The maximum absolute atomic E-state index is 12.9. The van der Waals surface area contributed by atoms with Crippen molar-refractivity contribution in [1.29, 1.82) is 0 Å². The van der Waals surface area contributed by atoms with E-state index in [0.717, 1.165) is 18.4 Å². The fraction of sp³-hybridized carbons (Fsp3) is 0.300. The summed E-state index contributed by atoms with van der Waals surface area (Å²) in [5.41, 5.74) is 1.22. The second-order valence-corrected chi connectivity index (χ2v) is 6.30. The Kier molecular flexibility index (Phi) is 5.33. The molecule has 0 radical (unpaired) electrons. The summed E-state index contributed by atoms with van der Waals surface area (Å²) in [5.74, 6) is -0.359. The van der Waals surface area contributed by atoms with Crippen molar-refractivity contribution >= 4 is 17.9 Å². The molecule has 1 N–H and O–H groups in total. The Morgan fingerprint density at radius 3 is 2.28 bits per heavy atom. The van der Waals surface area contributed by atoms with Crippen LogP contribution in [0.5, 0.6) is 0 Å². The van der Waals surface area contributed by atoms with Crippen LogP contribution in [0.1, 0.15) is 31.4 Å². The van der Waals surface area contributed by atoms with E-state index in [1.54, 1.807) is 6.08 Å². The zero-order chi connectivity index (χ0) is 17.6. The lowest BCUT2D eigenvalue weighted by Crippen LogP contribution is -2.42. The number of benzene rings is 1. The average molecular weight is 337 g/mol. The fourth-order valence-electron chi connectivity index (χ4n) is 3.19. The molecular weight excluding hydrogens is 314 g/mol. The number of hydrogen-bond donors (Lipinski definition) is 1. The van der Waals surface area contributed by atoms with Crippen LogP contribution in [-0.2, 0) is 9.59 Å². The zero-order valence-electron chi connectivity index (χ0n) is 14.4. The minimum atomic E-state index is -0.238. The molecule has 130 valence electrons. The molecule has 5 heteroatoms. The Balaban J connectivity index is 1.70. The standard InChI is InChI=1S/C20H23N3O2/c1-16(24)21-19(15-17-7-3-2-4-8-17)20(25)23-13-9-18(10-14-23)22-11-5-6-12-22/h2-8,11-12,15,18H,9-10,13-14H2,1H3,(H,21,24)/b19-15+. The summed E-state index contributed by atoms with van der Waals surface area (Å²) in [7, 11) is 0. The Hall–Kier alpha value is -2.82. The third kappa shape index (κ3) is 4.38. The van der Waals surface area contributed by atoms with Crippen LogP contribution in [0.3, 0.4) is 0 Å². The quantitative estimate of drug-likeness (QED) is 0.872. The highest BCUT2D eigenvalue weighted by molar-refractivity contribution is 6.00. The fourth-order valence-corrected chi connectivity index (χ4v) is 3.19. The first-order valence-corrected chi connectivity index (χ1v) is 8.59. The number of rotatable bonds is 4. The van der Waals surface area contributed by atoms with E-state index in [-0.39, 0.29) is 11.8 Å². The number of likely N-dealkylation sites (tertiary alicyclic amines) is 1. The van der Waals surface area contributed by atoms with Crippen molar-refractivity contribution in [3.05, 3.63) is 66.1 Å². The SMILES string of the molecule is CC(=O)N/C(=C/c1ccccc1)C(=O)N1CCC(n2cccc2)CC1. The van der Waals surface area contributed by atoms with Crippen LogP contribution in [0, 0.1) is 0 Å². The molecule has 1 saturated heterocycles. The van der Waals surface area contributed by atoms with Gasteiger partial charge in [0.1, 0.15) is 5.70 Å². The van der Waals surface area contributed by atoms with Crippen molar-refractivity contribution in [3.8, 4) is 0 Å². The Morgan fingerprint density at radius 2 is 1.68 bits per heavy atom. The van der Waals surface area contributed by atoms with Crippen LogP contribution in [0.15, 0.2) is 60.6 Å². The smallest absolute Gasteiger partial charge is 0.270 e. The van der Waals surface area contributed by atoms with Crippen molar-refractivity contribution in [3.63, 3.8) is 0 Å². The molecule has 3 rings (SSSR count). The van der Waals surface area contributed by atoms with Crippen molar-refractivity contribution in [2.45, 2.75) is 25.8 Å². The molecule has 2 heterocycles. The van der Waals surface area contributed by atoms with Crippen LogP contribution >= 0.6 is 0 Å². The van der Waals surface area contributed by atoms with Crippen LogP contribution in [0.2, 0.25) is 0 Å². The molecule has 0 saturated carbocycles. The van der Waals surface area contributed by atoms with Crippen LogP contribution in [0.4, 0.5) is 0 Å². The second kappa shape index (κ2) is 7.83. The molecule has 2 amide bonds. The van der Waals surface area contributed by atoms with Gasteiger partial charge in [0.2, 0.25) is 5.91 Å². The third-order valence-corrected chi connectivity index (χ3v) is 4.45. The van der Waals surface area contributed by atoms with Crippen molar-refractivity contribution in [1.82, 2.24) is 14.8 Å². The highest BCUT2D eigenvalue weighted by Crippen LogP contribution is 2.23. The number of nitrogens with zero attached hydrogens (tertiary/aromatic N) is 2. The molecular formula is C20H23N3O2. The molecule has 0 spiro atoms. The lowest BCUT2D eigenvalue weighted by atomic mass is 10.0. The summed E-state index contributed by atoms with van der Waals surface area (Å²) in [4.78, 5) is 26.2. The highest BCUT2D eigenvalue weighted by Gasteiger charge is 2.25. The number of piperidine rings is 1. The number of carbonyl (C=O) groups excluding carboxylic acids is 2. The van der Waals surface area contributed by atoms with Gasteiger partial charge in [0.25, 0.3) is 5.91 Å². The molecule has 1 aliphatic heterocycles. The summed E-state index contributed by atoms with van der Waals surface area (Å²) in [6.45, 7) is 2.80. The zero-order valence-corrected chi connectivity index (χ0v) is 14.4. The van der Waals surface area contributed by atoms with Crippen LogP contribution in [-0.4, -0.2) is 34.4 Å². The maximum Gasteiger partial charge on any atom is 0.270 e. The molecule has 0 aliphatic carbocycles. The van der Waals surface area contributed by atoms with Gasteiger partial charge in [-0.05, 0) is 36.6 Å². The monoisotopic (exact) mass is 337 g/mol. The first-order valence-electron chi connectivity index (χ1n) is 8.59. The van der Waals surface area contributed by atoms with Crippen molar-refractivity contribution in [2.24, 2.45) is 0 Å². The van der Waals surface area contributed by atoms with E-state index < -0.39 is 0 Å². The van der Waals surface area contributed by atoms with Crippen LogP contribution in [0.25, 0.3) is 6.08 Å². The molecule has 1 aliphatic rings. The molecule has 0 atom stereocenters. The van der Waals surface area contributed by atoms with Gasteiger partial charge in [-0.15, -0.1) is 0 Å². The van der Waals surface area contributed by atoms with Gasteiger partial charge in [-0.1, -0.05) is 30.3 Å². The minimum Gasteiger partial charge on any atom is -0.351 e. The molecule has 1 aromatic heterocycles. The first-order chi connectivity index (χ1) is 12.1. The van der Waals surface area contributed by atoms with Gasteiger partial charge in [-0.25, -0.2) is 0 Å². The predicted octanol–water partition coefficient (Wildman–Crippen LogP) is 2.83. The summed E-state index contributed by atoms with van der Waals surface area (Å²) in [6.07, 6.45) is 7.71. The molecule has 0 unspecified atom stereocenters. The lowest BCUT2D eigenvalue weighted by Gasteiger charge is -2.33. The molecule has 0 bridgehead atoms. The van der Waals surface area contributed by atoms with E-state index in [1.807, 2.05) is 47.4 Å². The van der Waals surface area contributed by atoms with Gasteiger partial charge >= 0.3 is 0 Å². The second-order valence-electron chi connectivity index (χ2n) is 6.30. The largest absolute Gasteiger partial charge is 0.351 e. The Morgan fingerprint density at radius 1 is 1.04 bits per heavy atom. The summed E-state index contributed by atoms with van der Waals surface area (Å²) in [6, 6.07) is 14.0. The number of amides is 2. The maximum atomic E-state index is 12.9. The topological polar surface area (TPSA) is 54.3 Å². The van der Waals surface area contributed by atoms with Gasteiger partial charge in [0, 0.05) is 38.4 Å². The normalized spacial score (nSPS) is 15.9. The van der Waals surface area contributed by atoms with E-state index in [9.17, 15) is 9.59 Å². The van der Waals surface area contributed by atoms with E-state index in [0.29, 0.717) is 24.8 Å². The number of carbonyl (C=O) groups is 2. The third-order valence-electron chi connectivity index (χ3n) is 4.45. The number of aromatic nitrogens is 1. The summed E-state index contributed by atoms with van der Waals surface area (Å²) < 4.78 is 2.20. The van der Waals surface area contributed by atoms with E-state index >= 15 is 0 Å². The minimum absolute atomic E-state index is 0.120. The molecule has 25 heavy (non-hydrogen) atoms. The van der Waals surface area contributed by atoms with Gasteiger partial charge in [-0.3, -0.25) is 9.59 Å². The highest BCUT2D eigenvalue weighted by atomic mass is 16.2. The van der Waals surface area contributed by atoms with E-state index in [2.05, 4.69) is 22.3 Å². The first kappa shape index (κ1) is 17.0. The Labute approximate surface area is 147 Å². The summed E-state index contributed by atoms with van der Waals surface area (Å²) >= 11 is 0. The van der Waals surface area contributed by atoms with Gasteiger partial charge in [0.15, 0.2) is 0 Å². The molecule has 5 nitrogen and oxygen atoms in total. The van der Waals surface area contributed by atoms with Crippen molar-refractivity contribution < 1.29 is 9.59 Å². The van der Waals surface area contributed by atoms with Crippen LogP contribution < -0.4 is 5.32 Å². The van der Waals surface area contributed by atoms with Gasteiger partial charge in [0.05, 0.1) is 0 Å². The number of nitrogens with one attached hydrogen (secondary N) is 1. The van der Waals surface area contributed by atoms with E-state index in [1.165, 1.54) is 6.92 Å².